The van der Waals surface area contributed by atoms with Gasteiger partial charge in [0.05, 0.1) is 10.5 Å². The highest BCUT2D eigenvalue weighted by molar-refractivity contribution is 6.35. The van der Waals surface area contributed by atoms with Gasteiger partial charge < -0.3 is 33.4 Å². The minimum Gasteiger partial charge on any atom is -0.463 e. The average Bonchev–Trinajstić information content (AvgIpc) is 3.34. The van der Waals surface area contributed by atoms with Gasteiger partial charge in [-0.3, -0.25) is 19.2 Å². The van der Waals surface area contributed by atoms with Gasteiger partial charge >= 0.3 is 23.9 Å². The molecule has 3 aromatic rings. The predicted octanol–water partition coefficient (Wildman–Crippen LogP) is 4.19. The zero-order valence-electron chi connectivity index (χ0n) is 24.4. The first-order valence-electron chi connectivity index (χ1n) is 13.8. The number of aryl methyl sites for hydroxylation is 1. The molecule has 0 saturated carbocycles. The van der Waals surface area contributed by atoms with Crippen molar-refractivity contribution < 1.29 is 48.0 Å². The topological polar surface area (TPSA) is 140 Å². The van der Waals surface area contributed by atoms with E-state index in [2.05, 4.69) is 0 Å². The fourth-order valence-corrected chi connectivity index (χ4v) is 5.54. The summed E-state index contributed by atoms with van der Waals surface area (Å²) in [6, 6.07) is 12.6. The molecule has 0 amide bonds. The van der Waals surface area contributed by atoms with Crippen LogP contribution in [0, 0.1) is 0 Å². The second kappa shape index (κ2) is 13.6. The van der Waals surface area contributed by atoms with Gasteiger partial charge in [0, 0.05) is 44.8 Å². The molecule has 1 aliphatic heterocycles. The van der Waals surface area contributed by atoms with E-state index >= 15 is 0 Å². The maximum absolute atomic E-state index is 12.3. The summed E-state index contributed by atoms with van der Waals surface area (Å²) in [5.74, 6) is -2.80. The molecule has 2 aromatic carbocycles. The first-order valence-corrected chi connectivity index (χ1v) is 14.1. The number of halogens is 1. The fraction of sp³-hybridized carbons (Fsp3) is 0.419. The molecule has 0 aliphatic carbocycles. The number of fused-ring (bicyclic) bond motifs is 1. The number of hydrogen-bond donors (Lipinski definition) is 1. The highest BCUT2D eigenvalue weighted by Gasteiger charge is 2.53. The van der Waals surface area contributed by atoms with Crippen molar-refractivity contribution in [1.82, 2.24) is 4.57 Å². The van der Waals surface area contributed by atoms with E-state index in [1.807, 2.05) is 31.2 Å². The van der Waals surface area contributed by atoms with Crippen molar-refractivity contribution in [2.75, 3.05) is 6.61 Å². The summed E-state index contributed by atoms with van der Waals surface area (Å²) in [4.78, 5) is 48.4. The van der Waals surface area contributed by atoms with Crippen LogP contribution in [0.5, 0.6) is 0 Å². The highest BCUT2D eigenvalue weighted by atomic mass is 35.5. The molecule has 0 radical (unpaired) electrons. The minimum atomic E-state index is -1.35. The van der Waals surface area contributed by atoms with E-state index in [-0.39, 0.29) is 6.61 Å². The first-order chi connectivity index (χ1) is 20.4. The quantitative estimate of drug-likeness (QED) is 0.275. The molecule has 0 spiro atoms. The van der Waals surface area contributed by atoms with Crippen LogP contribution in [0.2, 0.25) is 5.02 Å². The number of aromatic nitrogens is 1. The summed E-state index contributed by atoms with van der Waals surface area (Å²) < 4.78 is 29.9. The number of benzene rings is 2. The van der Waals surface area contributed by atoms with Crippen molar-refractivity contribution in [3.05, 3.63) is 70.4 Å². The van der Waals surface area contributed by atoms with Crippen LogP contribution in [0.1, 0.15) is 63.6 Å². The maximum atomic E-state index is 12.3. The summed E-state index contributed by atoms with van der Waals surface area (Å²) in [7, 11) is 0. The van der Waals surface area contributed by atoms with Gasteiger partial charge in [-0.2, -0.15) is 0 Å². The van der Waals surface area contributed by atoms with E-state index in [4.69, 9.17) is 35.3 Å². The molecule has 11 nitrogen and oxygen atoms in total. The van der Waals surface area contributed by atoms with Gasteiger partial charge in [-0.1, -0.05) is 48.9 Å². The third-order valence-corrected chi connectivity index (χ3v) is 7.39. The lowest BCUT2D eigenvalue weighted by atomic mass is 9.97. The Morgan fingerprint density at radius 1 is 0.884 bits per heavy atom. The number of aliphatic hydroxyl groups is 1. The molecule has 2 heterocycles. The standard InChI is InChI=1S/C31H34ClNO10/c1-6-20-10-12-21(13-11-20)27(38)22-14-33(24-9-7-8-23(32)26(22)24)31-30(42-19(5)37)29(41-18(4)36)28(40-17(3)35)25(43-31)15-39-16(2)34/h7-14,25,27-31,38H,6,15H2,1-5H3/t25-,27?,28-,29+,30-,31-/m1/s1. The molecule has 1 fully saturated rings. The van der Waals surface area contributed by atoms with Gasteiger partial charge in [0.2, 0.25) is 0 Å². The van der Waals surface area contributed by atoms with Crippen LogP contribution >= 0.6 is 11.6 Å². The fourth-order valence-electron chi connectivity index (χ4n) is 5.26. The molecule has 12 heteroatoms. The van der Waals surface area contributed by atoms with Crippen molar-refractivity contribution in [1.29, 1.82) is 0 Å². The monoisotopic (exact) mass is 615 g/mol. The molecule has 0 bridgehead atoms. The first kappa shape index (κ1) is 32.0. The molecule has 1 unspecified atom stereocenters. The zero-order chi connectivity index (χ0) is 31.4. The third-order valence-electron chi connectivity index (χ3n) is 7.08. The predicted molar refractivity (Wildman–Crippen MR) is 154 cm³/mol. The number of aliphatic hydroxyl groups excluding tert-OH is 1. The van der Waals surface area contributed by atoms with Gasteiger partial charge in [0.1, 0.15) is 18.8 Å². The molecule has 4 rings (SSSR count). The van der Waals surface area contributed by atoms with Crippen molar-refractivity contribution in [3.8, 4) is 0 Å². The van der Waals surface area contributed by atoms with Crippen LogP contribution in [0.3, 0.4) is 0 Å². The van der Waals surface area contributed by atoms with Gasteiger partial charge in [0.15, 0.2) is 24.5 Å². The molecule has 1 aliphatic rings. The SMILES string of the molecule is CCc1ccc(C(O)c2cn([C@@H]3O[C@H](COC(C)=O)[C@@H](OC(C)=O)[C@H](OC(C)=O)[C@H]3OC(C)=O)c3cccc(Cl)c23)cc1. The molecule has 230 valence electrons. The normalized spacial score (nSPS) is 22.4. The summed E-state index contributed by atoms with van der Waals surface area (Å²) in [6.45, 7) is 6.36. The van der Waals surface area contributed by atoms with Crippen molar-refractivity contribution in [3.63, 3.8) is 0 Å². The van der Waals surface area contributed by atoms with Crippen molar-refractivity contribution in [2.24, 2.45) is 0 Å². The molecule has 43 heavy (non-hydrogen) atoms. The lowest BCUT2D eigenvalue weighted by Crippen LogP contribution is -2.60. The molecule has 6 atom stereocenters. The maximum Gasteiger partial charge on any atom is 0.303 e. The number of ether oxygens (including phenoxy) is 5. The minimum absolute atomic E-state index is 0.348. The van der Waals surface area contributed by atoms with Gasteiger partial charge in [-0.05, 0) is 29.7 Å². The Hall–Kier alpha value is -3.93. The van der Waals surface area contributed by atoms with Crippen LogP contribution in [-0.4, -0.2) is 64.6 Å². The number of rotatable bonds is 9. The number of carbonyl (C=O) groups is 4. The Morgan fingerprint density at radius 2 is 1.49 bits per heavy atom. The smallest absolute Gasteiger partial charge is 0.303 e. The lowest BCUT2D eigenvalue weighted by molar-refractivity contribution is -0.267. The van der Waals surface area contributed by atoms with Crippen LogP contribution in [0.15, 0.2) is 48.7 Å². The number of hydrogen-bond acceptors (Lipinski definition) is 10. The van der Waals surface area contributed by atoms with Crippen LogP contribution in [0.25, 0.3) is 10.9 Å². The summed E-state index contributed by atoms with van der Waals surface area (Å²) >= 11 is 6.67. The van der Waals surface area contributed by atoms with Crippen molar-refractivity contribution >= 4 is 46.4 Å². The molecule has 1 N–H and O–H groups in total. The third kappa shape index (κ3) is 7.18. The second-order valence-corrected chi connectivity index (χ2v) is 10.6. The summed E-state index contributed by atoms with van der Waals surface area (Å²) in [5.41, 5.74) is 2.68. The Morgan fingerprint density at radius 3 is 2.07 bits per heavy atom. The summed E-state index contributed by atoms with van der Waals surface area (Å²) in [6.07, 6.45) is -4.96. The second-order valence-electron chi connectivity index (χ2n) is 10.2. The van der Waals surface area contributed by atoms with E-state index in [9.17, 15) is 24.3 Å². The van der Waals surface area contributed by atoms with E-state index in [1.54, 1.807) is 29.0 Å². The van der Waals surface area contributed by atoms with Gasteiger partial charge in [0.25, 0.3) is 0 Å². The molecular formula is C31H34ClNO10. The molecule has 1 saturated heterocycles. The molecular weight excluding hydrogens is 582 g/mol. The van der Waals surface area contributed by atoms with E-state index < -0.39 is 60.6 Å². The number of esters is 4. The van der Waals surface area contributed by atoms with E-state index in [0.717, 1.165) is 25.8 Å². The van der Waals surface area contributed by atoms with Crippen molar-refractivity contribution in [2.45, 2.75) is 77.8 Å². The van der Waals surface area contributed by atoms with Crippen LogP contribution < -0.4 is 0 Å². The highest BCUT2D eigenvalue weighted by Crippen LogP contribution is 2.41. The lowest BCUT2D eigenvalue weighted by Gasteiger charge is -2.44. The summed E-state index contributed by atoms with van der Waals surface area (Å²) in [5, 5.41) is 12.4. The number of carbonyl (C=O) groups excluding carboxylic acids is 4. The van der Waals surface area contributed by atoms with E-state index in [0.29, 0.717) is 27.1 Å². The Balaban J connectivity index is 1.90. The average molecular weight is 616 g/mol. The Bertz CT molecular complexity index is 1500. The van der Waals surface area contributed by atoms with Gasteiger partial charge in [-0.15, -0.1) is 0 Å². The number of nitrogens with zero attached hydrogens (tertiary/aromatic N) is 1. The van der Waals surface area contributed by atoms with Crippen LogP contribution in [-0.2, 0) is 49.3 Å². The Labute approximate surface area is 253 Å². The molecule has 1 aromatic heterocycles. The van der Waals surface area contributed by atoms with Crippen LogP contribution in [0.4, 0.5) is 0 Å². The largest absolute Gasteiger partial charge is 0.463 e. The Kier molecular flexibility index (Phi) is 10.1. The van der Waals surface area contributed by atoms with E-state index in [1.165, 1.54) is 13.8 Å². The van der Waals surface area contributed by atoms with Gasteiger partial charge in [-0.25, -0.2) is 0 Å². The zero-order valence-corrected chi connectivity index (χ0v) is 25.2.